The molecule has 9 heteroatoms. The van der Waals surface area contributed by atoms with Crippen LogP contribution in [-0.4, -0.2) is 72.9 Å². The lowest BCUT2D eigenvalue weighted by molar-refractivity contribution is -0.0756. The molecule has 9 nitrogen and oxygen atoms in total. The minimum Gasteiger partial charge on any atom is -0.444 e. The summed E-state index contributed by atoms with van der Waals surface area (Å²) in [5.41, 5.74) is 6.30. The van der Waals surface area contributed by atoms with Gasteiger partial charge in [0.1, 0.15) is 11.4 Å². The summed E-state index contributed by atoms with van der Waals surface area (Å²) in [6, 6.07) is 3.44. The fourth-order valence-corrected chi connectivity index (χ4v) is 2.69. The first kappa shape index (κ1) is 20.9. The molecule has 2 heterocycles. The summed E-state index contributed by atoms with van der Waals surface area (Å²) in [5, 5.41) is 1.15. The molecule has 1 saturated heterocycles. The number of carbonyl (C=O) groups excluding carboxylic acids is 2. The van der Waals surface area contributed by atoms with Gasteiger partial charge in [0, 0.05) is 39.8 Å². The van der Waals surface area contributed by atoms with Crippen LogP contribution in [0.1, 0.15) is 36.8 Å². The molecule has 1 aliphatic heterocycles. The third kappa shape index (κ3) is 5.30. The number of aromatic nitrogens is 1. The first-order valence-corrected chi connectivity index (χ1v) is 8.91. The van der Waals surface area contributed by atoms with E-state index in [0.717, 1.165) is 5.06 Å². The highest BCUT2D eigenvalue weighted by Gasteiger charge is 2.29. The van der Waals surface area contributed by atoms with Crippen LogP contribution in [0.2, 0.25) is 0 Å². The fourth-order valence-electron chi connectivity index (χ4n) is 2.69. The number of anilines is 1. The molecule has 0 radical (unpaired) electrons. The van der Waals surface area contributed by atoms with Gasteiger partial charge >= 0.3 is 6.09 Å². The van der Waals surface area contributed by atoms with Crippen LogP contribution in [0.25, 0.3) is 0 Å². The van der Waals surface area contributed by atoms with Gasteiger partial charge in [0.25, 0.3) is 5.91 Å². The molecule has 0 spiro atoms. The Morgan fingerprint density at radius 1 is 1.22 bits per heavy atom. The summed E-state index contributed by atoms with van der Waals surface area (Å²) >= 11 is 0. The molecule has 2 N–H and O–H groups in total. The minimum absolute atomic E-state index is 0.277. The van der Waals surface area contributed by atoms with Gasteiger partial charge in [-0.15, -0.1) is 0 Å². The number of ether oxygens (including phenoxy) is 1. The van der Waals surface area contributed by atoms with Crippen molar-refractivity contribution in [2.24, 2.45) is 5.73 Å². The van der Waals surface area contributed by atoms with Crippen LogP contribution in [0.4, 0.5) is 10.6 Å². The van der Waals surface area contributed by atoms with Gasteiger partial charge in [0.15, 0.2) is 0 Å². The highest BCUT2D eigenvalue weighted by Crippen LogP contribution is 2.22. The van der Waals surface area contributed by atoms with Crippen LogP contribution in [0.5, 0.6) is 0 Å². The molecule has 0 saturated carbocycles. The van der Waals surface area contributed by atoms with Crippen molar-refractivity contribution in [3.05, 3.63) is 23.4 Å². The zero-order chi connectivity index (χ0) is 20.2. The quantitative estimate of drug-likeness (QED) is 0.785. The van der Waals surface area contributed by atoms with E-state index in [2.05, 4.69) is 4.98 Å². The molecule has 0 aliphatic carbocycles. The van der Waals surface area contributed by atoms with Gasteiger partial charge in [0.2, 0.25) is 0 Å². The fraction of sp³-hybridized carbons (Fsp3) is 0.611. The topological polar surface area (TPSA) is 101 Å². The van der Waals surface area contributed by atoms with Crippen molar-refractivity contribution in [3.63, 3.8) is 0 Å². The second kappa shape index (κ2) is 8.53. The van der Waals surface area contributed by atoms with Crippen molar-refractivity contribution in [1.82, 2.24) is 14.9 Å². The van der Waals surface area contributed by atoms with Crippen LogP contribution in [0, 0.1) is 0 Å². The van der Waals surface area contributed by atoms with E-state index in [1.807, 2.05) is 25.7 Å². The van der Waals surface area contributed by atoms with E-state index < -0.39 is 5.60 Å². The Bertz CT molecular complexity index is 681. The average molecular weight is 379 g/mol. The Hall–Kier alpha value is -2.39. The number of hydrogen-bond acceptors (Lipinski definition) is 7. The van der Waals surface area contributed by atoms with E-state index in [-0.39, 0.29) is 18.5 Å². The van der Waals surface area contributed by atoms with E-state index in [0.29, 0.717) is 43.3 Å². The van der Waals surface area contributed by atoms with Crippen molar-refractivity contribution >= 4 is 17.8 Å². The van der Waals surface area contributed by atoms with Gasteiger partial charge in [-0.2, -0.15) is 0 Å². The number of pyridine rings is 1. The minimum atomic E-state index is -0.532. The molecule has 1 fully saturated rings. The first-order chi connectivity index (χ1) is 12.7. The molecular formula is C18H29N5O4. The van der Waals surface area contributed by atoms with Gasteiger partial charge in [0.05, 0.1) is 18.4 Å². The molecular weight excluding hydrogens is 350 g/mol. The lowest BCUT2D eigenvalue weighted by atomic mass is 10.1. The molecule has 27 heavy (non-hydrogen) atoms. The maximum atomic E-state index is 12.6. The maximum absolute atomic E-state index is 12.6. The maximum Gasteiger partial charge on any atom is 0.410 e. The second-order valence-corrected chi connectivity index (χ2v) is 7.32. The Balaban J connectivity index is 2.17. The monoisotopic (exact) mass is 379 g/mol. The van der Waals surface area contributed by atoms with Gasteiger partial charge in [-0.25, -0.2) is 14.8 Å². The Morgan fingerprint density at radius 2 is 1.85 bits per heavy atom. The number of rotatable bonds is 4. The molecule has 1 aromatic rings. The van der Waals surface area contributed by atoms with Gasteiger partial charge in [-0.1, -0.05) is 0 Å². The second-order valence-electron chi connectivity index (χ2n) is 7.32. The summed E-state index contributed by atoms with van der Waals surface area (Å²) in [6.45, 7) is 7.84. The van der Waals surface area contributed by atoms with E-state index in [1.165, 1.54) is 7.11 Å². The Morgan fingerprint density at radius 3 is 2.37 bits per heavy atom. The molecule has 0 atom stereocenters. The van der Waals surface area contributed by atoms with Gasteiger partial charge in [-0.3, -0.25) is 9.63 Å². The largest absolute Gasteiger partial charge is 0.444 e. The number of nitrogens with zero attached hydrogens (tertiary/aromatic N) is 4. The summed E-state index contributed by atoms with van der Waals surface area (Å²) < 4.78 is 5.42. The molecule has 0 bridgehead atoms. The highest BCUT2D eigenvalue weighted by molar-refractivity contribution is 5.98. The standard InChI is InChI=1S/C18H29N5O4/c1-18(2,3)27-17(25)23-10-8-22(9-11-23)15-14(16(24)21(4)26-5)7-6-13(12-19)20-15/h6-7H,8-12,19H2,1-5H3. The highest BCUT2D eigenvalue weighted by atomic mass is 16.7. The predicted octanol–water partition coefficient (Wildman–Crippen LogP) is 1.23. The van der Waals surface area contributed by atoms with E-state index in [4.69, 9.17) is 15.3 Å². The third-order valence-electron chi connectivity index (χ3n) is 4.16. The van der Waals surface area contributed by atoms with Crippen LogP contribution in [0.15, 0.2) is 12.1 Å². The molecule has 1 aromatic heterocycles. The smallest absolute Gasteiger partial charge is 0.410 e. The van der Waals surface area contributed by atoms with Crippen LogP contribution in [-0.2, 0) is 16.1 Å². The summed E-state index contributed by atoms with van der Waals surface area (Å²) in [5.74, 6) is 0.258. The molecule has 0 aromatic carbocycles. The van der Waals surface area contributed by atoms with Crippen molar-refractivity contribution in [2.45, 2.75) is 32.9 Å². The van der Waals surface area contributed by atoms with Crippen molar-refractivity contribution < 1.29 is 19.2 Å². The first-order valence-electron chi connectivity index (χ1n) is 8.91. The van der Waals surface area contributed by atoms with Crippen molar-refractivity contribution in [1.29, 1.82) is 0 Å². The summed E-state index contributed by atoms with van der Waals surface area (Å²) in [4.78, 5) is 38.0. The number of hydrogen-bond donors (Lipinski definition) is 1. The van der Waals surface area contributed by atoms with E-state index in [9.17, 15) is 9.59 Å². The van der Waals surface area contributed by atoms with Crippen LogP contribution < -0.4 is 10.6 Å². The number of amides is 2. The molecule has 0 unspecified atom stereocenters. The molecule has 2 amide bonds. The van der Waals surface area contributed by atoms with E-state index in [1.54, 1.807) is 24.1 Å². The SMILES string of the molecule is CON(C)C(=O)c1ccc(CN)nc1N1CCN(C(=O)OC(C)(C)C)CC1. The summed E-state index contributed by atoms with van der Waals surface area (Å²) in [7, 11) is 2.97. The lowest BCUT2D eigenvalue weighted by Crippen LogP contribution is -2.50. The zero-order valence-electron chi connectivity index (χ0n) is 16.7. The Labute approximate surface area is 160 Å². The number of carbonyl (C=O) groups is 2. The van der Waals surface area contributed by atoms with E-state index >= 15 is 0 Å². The Kier molecular flexibility index (Phi) is 6.61. The predicted molar refractivity (Wildman–Crippen MR) is 101 cm³/mol. The average Bonchev–Trinajstić information content (AvgIpc) is 2.65. The lowest BCUT2D eigenvalue weighted by Gasteiger charge is -2.37. The zero-order valence-corrected chi connectivity index (χ0v) is 16.7. The van der Waals surface area contributed by atoms with Crippen molar-refractivity contribution in [2.75, 3.05) is 45.2 Å². The molecule has 1 aliphatic rings. The van der Waals surface area contributed by atoms with Crippen LogP contribution >= 0.6 is 0 Å². The van der Waals surface area contributed by atoms with Crippen LogP contribution in [0.3, 0.4) is 0 Å². The summed E-state index contributed by atoms with van der Waals surface area (Å²) in [6.07, 6.45) is -0.332. The molecule has 150 valence electrons. The third-order valence-corrected chi connectivity index (χ3v) is 4.16. The van der Waals surface area contributed by atoms with Crippen molar-refractivity contribution in [3.8, 4) is 0 Å². The number of hydroxylamine groups is 2. The molecule has 2 rings (SSSR count). The van der Waals surface area contributed by atoms with Gasteiger partial charge < -0.3 is 20.3 Å². The normalized spacial score (nSPS) is 14.9. The van der Waals surface area contributed by atoms with Gasteiger partial charge in [-0.05, 0) is 32.9 Å². The number of nitrogens with two attached hydrogens (primary N) is 1. The number of piperazine rings is 1.